The molecule has 0 aromatic rings. The van der Waals surface area contributed by atoms with Gasteiger partial charge in [0.2, 0.25) is 0 Å². The summed E-state index contributed by atoms with van der Waals surface area (Å²) in [5, 5.41) is 1.78. The van der Waals surface area contributed by atoms with Crippen molar-refractivity contribution in [3.05, 3.63) is 12.2 Å². The highest BCUT2D eigenvalue weighted by molar-refractivity contribution is 7.43. The van der Waals surface area contributed by atoms with Gasteiger partial charge in [0, 0.05) is 5.66 Å². The zero-order chi connectivity index (χ0) is 10.1. The molecule has 0 aromatic carbocycles. The number of hydrogen-bond acceptors (Lipinski definition) is 0. The second-order valence-electron chi connectivity index (χ2n) is 5.43. The molecule has 0 amide bonds. The Labute approximate surface area is 94.9 Å². The van der Waals surface area contributed by atoms with Gasteiger partial charge < -0.3 is 0 Å². The summed E-state index contributed by atoms with van der Waals surface area (Å²) in [5.41, 5.74) is 0.906. The van der Waals surface area contributed by atoms with E-state index in [4.69, 9.17) is 0 Å². The molecule has 3 rings (SSSR count). The molecule has 1 atom stereocenters. The first-order valence-corrected chi connectivity index (χ1v) is 7.66. The Bertz CT molecular complexity index is 278. The average Bonchev–Trinajstić information content (AvgIpc) is 3.02. The normalized spacial score (nSPS) is 33.9. The Morgan fingerprint density at radius 2 is 1.60 bits per heavy atom. The third-order valence-corrected chi connectivity index (χ3v) is 6.12. The lowest BCUT2D eigenvalue weighted by atomic mass is 10.0. The summed E-state index contributed by atoms with van der Waals surface area (Å²) in [5.74, 6) is 2.00. The molecule has 2 fully saturated rings. The molecule has 0 saturated heterocycles. The molecule has 2 aliphatic carbocycles. The molecular formula is C14H21P. The van der Waals surface area contributed by atoms with E-state index < -0.39 is 0 Å². The van der Waals surface area contributed by atoms with Gasteiger partial charge in [0.1, 0.15) is 0 Å². The second-order valence-corrected chi connectivity index (χ2v) is 6.80. The van der Waals surface area contributed by atoms with Crippen molar-refractivity contribution in [3.63, 3.8) is 0 Å². The molecule has 2 saturated carbocycles. The fraction of sp³-hybridized carbons (Fsp3) is 0.786. The van der Waals surface area contributed by atoms with E-state index in [1.807, 2.05) is 0 Å². The lowest BCUT2D eigenvalue weighted by molar-refractivity contribution is 0.570. The van der Waals surface area contributed by atoms with Gasteiger partial charge in [-0.3, -0.25) is 0 Å². The molecule has 3 aliphatic rings. The molecule has 0 aromatic heterocycles. The molecule has 0 N–H and O–H groups in total. The van der Waals surface area contributed by atoms with Crippen molar-refractivity contribution in [2.45, 2.75) is 57.0 Å². The molecule has 1 heterocycles. The lowest BCUT2D eigenvalue weighted by Crippen LogP contribution is -2.07. The molecule has 1 heteroatoms. The first kappa shape index (κ1) is 10.1. The number of rotatable bonds is 2. The van der Waals surface area contributed by atoms with Crippen LogP contribution < -0.4 is 0 Å². The van der Waals surface area contributed by atoms with Crippen LogP contribution >= 0.6 is 8.20 Å². The quantitative estimate of drug-likeness (QED) is 0.604. The summed E-state index contributed by atoms with van der Waals surface area (Å²) in [6.07, 6.45) is 16.9. The van der Waals surface area contributed by atoms with E-state index in [-0.39, 0.29) is 0 Å². The fourth-order valence-electron chi connectivity index (χ4n) is 3.48. The summed E-state index contributed by atoms with van der Waals surface area (Å²) in [7, 11) is 1.69. The maximum atomic E-state index is 2.53. The van der Waals surface area contributed by atoms with Crippen LogP contribution in [-0.4, -0.2) is 11.0 Å². The summed E-state index contributed by atoms with van der Waals surface area (Å²) in [6.45, 7) is 0. The first-order chi connectivity index (χ1) is 7.43. The Morgan fingerprint density at radius 1 is 0.933 bits per heavy atom. The van der Waals surface area contributed by atoms with Crippen LogP contribution in [0.25, 0.3) is 0 Å². The van der Waals surface area contributed by atoms with E-state index >= 15 is 0 Å². The van der Waals surface area contributed by atoms with Gasteiger partial charge in [-0.05, 0) is 42.8 Å². The zero-order valence-electron chi connectivity index (χ0n) is 9.49. The van der Waals surface area contributed by atoms with Gasteiger partial charge in [-0.2, -0.15) is 0 Å². The van der Waals surface area contributed by atoms with Crippen LogP contribution in [0.3, 0.4) is 0 Å². The van der Waals surface area contributed by atoms with Gasteiger partial charge in [0.15, 0.2) is 0 Å². The highest BCUT2D eigenvalue weighted by Gasteiger charge is 2.27. The maximum absolute atomic E-state index is 2.53. The van der Waals surface area contributed by atoms with Crippen LogP contribution in [0.2, 0.25) is 0 Å². The van der Waals surface area contributed by atoms with E-state index in [1.165, 1.54) is 51.4 Å². The van der Waals surface area contributed by atoms with Gasteiger partial charge in [-0.25, -0.2) is 0 Å². The van der Waals surface area contributed by atoms with Crippen molar-refractivity contribution in [1.29, 1.82) is 0 Å². The summed E-state index contributed by atoms with van der Waals surface area (Å²) < 4.78 is 0. The smallest absolute Gasteiger partial charge is 0.0222 e. The van der Waals surface area contributed by atoms with Crippen LogP contribution in [0.5, 0.6) is 0 Å². The van der Waals surface area contributed by atoms with Crippen LogP contribution in [-0.2, 0) is 0 Å². The van der Waals surface area contributed by atoms with E-state index in [0.29, 0.717) is 0 Å². The van der Waals surface area contributed by atoms with Crippen molar-refractivity contribution in [2.75, 3.05) is 0 Å². The molecule has 82 valence electrons. The topological polar surface area (TPSA) is 0 Å². The third kappa shape index (κ3) is 2.07. The van der Waals surface area contributed by atoms with E-state index in [9.17, 15) is 0 Å². The minimum atomic E-state index is 0.906. The van der Waals surface area contributed by atoms with Crippen LogP contribution in [0.4, 0.5) is 0 Å². The molecule has 0 spiro atoms. The fourth-order valence-corrected chi connectivity index (χ4v) is 5.15. The first-order valence-electron chi connectivity index (χ1n) is 6.69. The SMILES string of the molecule is C1=CC(C2CCCC2)P=C1C1CCCC1. The Balaban J connectivity index is 1.66. The van der Waals surface area contributed by atoms with Crippen LogP contribution in [0.15, 0.2) is 12.2 Å². The largest absolute Gasteiger partial charge is 0.0928 e. The van der Waals surface area contributed by atoms with E-state index in [1.54, 1.807) is 13.5 Å². The standard InChI is InChI=1S/C14H21P/c1-2-6-11(5-1)13-9-10-14(15-13)12-7-3-4-8-12/h9-13H,1-8H2. The number of allylic oxidation sites excluding steroid dienone is 2. The molecular weight excluding hydrogens is 199 g/mol. The van der Waals surface area contributed by atoms with Crippen LogP contribution in [0, 0.1) is 11.8 Å². The lowest BCUT2D eigenvalue weighted by Gasteiger charge is -2.13. The second kappa shape index (κ2) is 4.42. The molecule has 1 unspecified atom stereocenters. The van der Waals surface area contributed by atoms with Gasteiger partial charge in [-0.1, -0.05) is 46.0 Å². The van der Waals surface area contributed by atoms with Crippen LogP contribution in [0.1, 0.15) is 51.4 Å². The van der Waals surface area contributed by atoms with Gasteiger partial charge in [0.05, 0.1) is 0 Å². The Kier molecular flexibility index (Phi) is 2.97. The Hall–Kier alpha value is -0.0900. The summed E-state index contributed by atoms with van der Waals surface area (Å²) in [6, 6.07) is 0. The van der Waals surface area contributed by atoms with Gasteiger partial charge >= 0.3 is 0 Å². The summed E-state index contributed by atoms with van der Waals surface area (Å²) in [4.78, 5) is 0. The third-order valence-electron chi connectivity index (χ3n) is 4.42. The Morgan fingerprint density at radius 3 is 2.33 bits per heavy atom. The molecule has 0 nitrogen and oxygen atoms in total. The molecule has 0 bridgehead atoms. The summed E-state index contributed by atoms with van der Waals surface area (Å²) >= 11 is 0. The highest BCUT2D eigenvalue weighted by atomic mass is 31.1. The zero-order valence-corrected chi connectivity index (χ0v) is 10.4. The average molecular weight is 220 g/mol. The number of hydrogen-bond donors (Lipinski definition) is 0. The highest BCUT2D eigenvalue weighted by Crippen LogP contribution is 2.40. The van der Waals surface area contributed by atoms with E-state index in [0.717, 1.165) is 17.5 Å². The predicted molar refractivity (Wildman–Crippen MR) is 68.8 cm³/mol. The van der Waals surface area contributed by atoms with Gasteiger partial charge in [-0.15, -0.1) is 0 Å². The van der Waals surface area contributed by atoms with Gasteiger partial charge in [0.25, 0.3) is 0 Å². The van der Waals surface area contributed by atoms with Crippen molar-refractivity contribution in [1.82, 2.24) is 0 Å². The monoisotopic (exact) mass is 220 g/mol. The maximum Gasteiger partial charge on any atom is 0.0222 e. The molecule has 0 radical (unpaired) electrons. The van der Waals surface area contributed by atoms with Crippen molar-refractivity contribution >= 4 is 13.5 Å². The van der Waals surface area contributed by atoms with E-state index in [2.05, 4.69) is 12.2 Å². The molecule has 1 aliphatic heterocycles. The minimum Gasteiger partial charge on any atom is -0.0928 e. The van der Waals surface area contributed by atoms with Crippen molar-refractivity contribution in [2.24, 2.45) is 11.8 Å². The molecule has 15 heavy (non-hydrogen) atoms. The minimum absolute atomic E-state index is 0.906. The predicted octanol–water partition coefficient (Wildman–Crippen LogP) is 4.42. The van der Waals surface area contributed by atoms with Crippen molar-refractivity contribution < 1.29 is 0 Å². The van der Waals surface area contributed by atoms with Crippen molar-refractivity contribution in [3.8, 4) is 0 Å².